The zero-order chi connectivity index (χ0) is 10.7. The van der Waals surface area contributed by atoms with Gasteiger partial charge in [-0.3, -0.25) is 5.41 Å². The summed E-state index contributed by atoms with van der Waals surface area (Å²) in [5.41, 5.74) is 1.11. The molecule has 0 bridgehead atoms. The van der Waals surface area contributed by atoms with E-state index in [-0.39, 0.29) is 0 Å². The summed E-state index contributed by atoms with van der Waals surface area (Å²) in [6, 6.07) is 0. The minimum atomic E-state index is 0.814. The van der Waals surface area contributed by atoms with Crippen molar-refractivity contribution in [3.8, 4) is 0 Å². The predicted molar refractivity (Wildman–Crippen MR) is 63.7 cm³/mol. The molecule has 1 aliphatic rings. The highest BCUT2D eigenvalue weighted by molar-refractivity contribution is 7.09. The van der Waals surface area contributed by atoms with Crippen molar-refractivity contribution in [3.63, 3.8) is 0 Å². The molecule has 1 saturated heterocycles. The van der Waals surface area contributed by atoms with E-state index >= 15 is 0 Å². The van der Waals surface area contributed by atoms with E-state index in [9.17, 15) is 0 Å². The van der Waals surface area contributed by atoms with Gasteiger partial charge in [0.25, 0.3) is 0 Å². The molecule has 0 amide bonds. The molecule has 0 atom stereocenters. The van der Waals surface area contributed by atoms with Gasteiger partial charge in [0, 0.05) is 37.0 Å². The van der Waals surface area contributed by atoms with Gasteiger partial charge in [-0.05, 0) is 19.8 Å². The van der Waals surface area contributed by atoms with E-state index in [0.717, 1.165) is 37.5 Å². The lowest BCUT2D eigenvalue weighted by Gasteiger charge is -2.28. The van der Waals surface area contributed by atoms with E-state index in [1.807, 2.05) is 6.92 Å². The van der Waals surface area contributed by atoms with E-state index in [2.05, 4.69) is 15.3 Å². The third kappa shape index (κ3) is 2.78. The molecule has 1 fully saturated rings. The maximum atomic E-state index is 7.83. The number of aromatic nitrogens is 1. The molecular formula is C11H17N3S. The Balaban J connectivity index is 1.84. The normalized spacial score (nSPS) is 17.1. The first-order valence-electron chi connectivity index (χ1n) is 5.49. The summed E-state index contributed by atoms with van der Waals surface area (Å²) in [5, 5.41) is 11.1. The van der Waals surface area contributed by atoms with Crippen molar-refractivity contribution in [1.29, 1.82) is 5.41 Å². The second kappa shape index (κ2) is 4.75. The first-order valence-corrected chi connectivity index (χ1v) is 6.37. The summed E-state index contributed by atoms with van der Waals surface area (Å²) in [5.74, 6) is 0.814. The fourth-order valence-corrected chi connectivity index (χ4v) is 2.65. The van der Waals surface area contributed by atoms with Crippen LogP contribution in [0.2, 0.25) is 0 Å². The Morgan fingerprint density at radius 3 is 3.07 bits per heavy atom. The van der Waals surface area contributed by atoms with Crippen molar-refractivity contribution in [3.05, 3.63) is 16.1 Å². The van der Waals surface area contributed by atoms with E-state index in [1.54, 1.807) is 11.3 Å². The van der Waals surface area contributed by atoms with Crippen LogP contribution in [-0.4, -0.2) is 28.8 Å². The third-order valence-electron chi connectivity index (χ3n) is 2.74. The lowest BCUT2D eigenvalue weighted by atomic mass is 10.1. The zero-order valence-corrected chi connectivity index (χ0v) is 9.94. The Kier molecular flexibility index (Phi) is 3.36. The molecule has 0 aliphatic carbocycles. The first kappa shape index (κ1) is 10.6. The van der Waals surface area contributed by atoms with Gasteiger partial charge in [-0.15, -0.1) is 11.3 Å². The number of aryl methyl sites for hydroxylation is 1. The molecule has 3 nitrogen and oxygen atoms in total. The molecule has 1 N–H and O–H groups in total. The lowest BCUT2D eigenvalue weighted by molar-refractivity contribution is 0.370. The molecule has 0 saturated carbocycles. The van der Waals surface area contributed by atoms with Crippen LogP contribution in [0, 0.1) is 12.3 Å². The maximum Gasteiger partial charge on any atom is 0.0957 e. The average molecular weight is 223 g/mol. The Morgan fingerprint density at radius 2 is 2.40 bits per heavy atom. The second-order valence-electron chi connectivity index (χ2n) is 4.02. The zero-order valence-electron chi connectivity index (χ0n) is 9.12. The Morgan fingerprint density at radius 1 is 1.53 bits per heavy atom. The van der Waals surface area contributed by atoms with Crippen LogP contribution in [0.4, 0.5) is 0 Å². The summed E-state index contributed by atoms with van der Waals surface area (Å²) < 4.78 is 0. The standard InChI is InChI=1S/C11H17N3S/c1-9-8-15-11(13-9)5-7-14-6-3-2-4-10(14)12/h8,12H,2-7H2,1H3. The Hall–Kier alpha value is -0.900. The van der Waals surface area contributed by atoms with Gasteiger partial charge >= 0.3 is 0 Å². The molecule has 2 rings (SSSR count). The predicted octanol–water partition coefficient (Wildman–Crippen LogP) is 2.46. The van der Waals surface area contributed by atoms with Crippen LogP contribution in [0.25, 0.3) is 0 Å². The molecule has 0 radical (unpaired) electrons. The monoisotopic (exact) mass is 223 g/mol. The summed E-state index contributed by atoms with van der Waals surface area (Å²) >= 11 is 1.73. The number of likely N-dealkylation sites (tertiary alicyclic amines) is 1. The molecule has 0 aromatic carbocycles. The summed E-state index contributed by atoms with van der Waals surface area (Å²) in [4.78, 5) is 6.64. The average Bonchev–Trinajstić information content (AvgIpc) is 2.63. The largest absolute Gasteiger partial charge is 0.360 e. The summed E-state index contributed by atoms with van der Waals surface area (Å²) in [6.45, 7) is 4.05. The van der Waals surface area contributed by atoms with E-state index in [0.29, 0.717) is 0 Å². The van der Waals surface area contributed by atoms with Crippen molar-refractivity contribution in [2.75, 3.05) is 13.1 Å². The first-order chi connectivity index (χ1) is 7.25. The number of piperidine rings is 1. The second-order valence-corrected chi connectivity index (χ2v) is 4.97. The quantitative estimate of drug-likeness (QED) is 0.855. The van der Waals surface area contributed by atoms with Crippen molar-refractivity contribution in [1.82, 2.24) is 9.88 Å². The van der Waals surface area contributed by atoms with Crippen molar-refractivity contribution in [2.45, 2.75) is 32.6 Å². The number of nitrogens with one attached hydrogen (secondary N) is 1. The molecule has 15 heavy (non-hydrogen) atoms. The van der Waals surface area contributed by atoms with Gasteiger partial charge in [-0.25, -0.2) is 4.98 Å². The molecule has 1 aliphatic heterocycles. The lowest BCUT2D eigenvalue weighted by Crippen LogP contribution is -2.36. The Bertz CT molecular complexity index is 345. The fraction of sp³-hybridized carbons (Fsp3) is 0.636. The molecule has 1 aromatic heterocycles. The van der Waals surface area contributed by atoms with Crippen molar-refractivity contribution in [2.24, 2.45) is 0 Å². The number of hydrogen-bond acceptors (Lipinski definition) is 3. The van der Waals surface area contributed by atoms with Gasteiger partial charge in [0.1, 0.15) is 0 Å². The van der Waals surface area contributed by atoms with Crippen LogP contribution >= 0.6 is 11.3 Å². The van der Waals surface area contributed by atoms with Gasteiger partial charge in [0.2, 0.25) is 0 Å². The van der Waals surface area contributed by atoms with Crippen LogP contribution in [0.3, 0.4) is 0 Å². The van der Waals surface area contributed by atoms with Crippen LogP contribution in [0.15, 0.2) is 5.38 Å². The van der Waals surface area contributed by atoms with Gasteiger partial charge in [-0.1, -0.05) is 0 Å². The van der Waals surface area contributed by atoms with Gasteiger partial charge in [0.05, 0.1) is 10.8 Å². The molecule has 0 unspecified atom stereocenters. The molecule has 4 heteroatoms. The fourth-order valence-electron chi connectivity index (χ4n) is 1.88. The molecule has 1 aromatic rings. The summed E-state index contributed by atoms with van der Waals surface area (Å²) in [7, 11) is 0. The highest BCUT2D eigenvalue weighted by Crippen LogP contribution is 2.14. The van der Waals surface area contributed by atoms with Gasteiger partial charge in [0.15, 0.2) is 0 Å². The van der Waals surface area contributed by atoms with E-state index < -0.39 is 0 Å². The van der Waals surface area contributed by atoms with Crippen LogP contribution in [0.1, 0.15) is 30.0 Å². The van der Waals surface area contributed by atoms with Gasteiger partial charge in [-0.2, -0.15) is 0 Å². The van der Waals surface area contributed by atoms with Gasteiger partial charge < -0.3 is 4.90 Å². The maximum absolute atomic E-state index is 7.83. The van der Waals surface area contributed by atoms with Crippen LogP contribution in [0.5, 0.6) is 0 Å². The molecule has 2 heterocycles. The number of nitrogens with zero attached hydrogens (tertiary/aromatic N) is 2. The summed E-state index contributed by atoms with van der Waals surface area (Å²) in [6.07, 6.45) is 4.36. The van der Waals surface area contributed by atoms with E-state index in [4.69, 9.17) is 5.41 Å². The number of rotatable bonds is 3. The highest BCUT2D eigenvalue weighted by atomic mass is 32.1. The SMILES string of the molecule is Cc1csc(CCN2CCCCC2=N)n1. The minimum absolute atomic E-state index is 0.814. The van der Waals surface area contributed by atoms with Crippen LogP contribution in [-0.2, 0) is 6.42 Å². The third-order valence-corrected chi connectivity index (χ3v) is 3.76. The smallest absolute Gasteiger partial charge is 0.0957 e. The number of amidine groups is 1. The van der Waals surface area contributed by atoms with E-state index in [1.165, 1.54) is 17.8 Å². The molecular weight excluding hydrogens is 206 g/mol. The minimum Gasteiger partial charge on any atom is -0.360 e. The molecule has 82 valence electrons. The molecule has 0 spiro atoms. The number of hydrogen-bond donors (Lipinski definition) is 1. The van der Waals surface area contributed by atoms with Crippen LogP contribution < -0.4 is 0 Å². The topological polar surface area (TPSA) is 40.0 Å². The highest BCUT2D eigenvalue weighted by Gasteiger charge is 2.14. The van der Waals surface area contributed by atoms with Crippen molar-refractivity contribution >= 4 is 17.2 Å². The number of thiazole rings is 1. The Labute approximate surface area is 94.7 Å². The van der Waals surface area contributed by atoms with Crippen molar-refractivity contribution < 1.29 is 0 Å².